The number of amides is 1. The Hall–Kier alpha value is -2.07. The summed E-state index contributed by atoms with van der Waals surface area (Å²) < 4.78 is 6.09. The van der Waals surface area contributed by atoms with Crippen molar-refractivity contribution in [2.45, 2.75) is 6.61 Å². The van der Waals surface area contributed by atoms with Gasteiger partial charge in [0, 0.05) is 10.7 Å². The smallest absolute Gasteiger partial charge is 0.411 e. The molecule has 0 aliphatic rings. The third-order valence-electron chi connectivity index (χ3n) is 2.56. The first-order valence-electron chi connectivity index (χ1n) is 6.13. The lowest BCUT2D eigenvalue weighted by Crippen LogP contribution is -2.18. The predicted molar refractivity (Wildman–Crippen MR) is 82.9 cm³/mol. The maximum absolute atomic E-state index is 11.5. The van der Waals surface area contributed by atoms with Crippen molar-refractivity contribution in [2.24, 2.45) is 0 Å². The molecule has 4 heteroatoms. The summed E-state index contributed by atoms with van der Waals surface area (Å²) in [5.41, 5.74) is 1.95. The SMILES string of the molecule is O=C(N/C=C/c1ccc(Br)cc1)OCc1ccccc1. The Morgan fingerprint density at radius 3 is 2.50 bits per heavy atom. The van der Waals surface area contributed by atoms with Crippen molar-refractivity contribution >= 4 is 28.1 Å². The second-order valence-corrected chi connectivity index (χ2v) is 5.01. The van der Waals surface area contributed by atoms with Gasteiger partial charge in [-0.3, -0.25) is 5.32 Å². The third-order valence-corrected chi connectivity index (χ3v) is 3.09. The van der Waals surface area contributed by atoms with E-state index in [1.807, 2.05) is 54.6 Å². The molecule has 1 amide bonds. The van der Waals surface area contributed by atoms with Crippen molar-refractivity contribution in [1.29, 1.82) is 0 Å². The van der Waals surface area contributed by atoms with Crippen molar-refractivity contribution in [1.82, 2.24) is 5.32 Å². The van der Waals surface area contributed by atoms with E-state index in [1.54, 1.807) is 12.3 Å². The molecule has 0 aliphatic heterocycles. The van der Waals surface area contributed by atoms with E-state index in [2.05, 4.69) is 21.2 Å². The molecule has 102 valence electrons. The van der Waals surface area contributed by atoms with Crippen LogP contribution >= 0.6 is 15.9 Å². The van der Waals surface area contributed by atoms with E-state index in [0.717, 1.165) is 15.6 Å². The number of hydrogen-bond donors (Lipinski definition) is 1. The largest absolute Gasteiger partial charge is 0.444 e. The molecule has 3 nitrogen and oxygen atoms in total. The van der Waals surface area contributed by atoms with Gasteiger partial charge in [0.2, 0.25) is 0 Å². The molecule has 2 rings (SSSR count). The normalized spacial score (nSPS) is 10.4. The Morgan fingerprint density at radius 1 is 1.10 bits per heavy atom. The van der Waals surface area contributed by atoms with Crippen LogP contribution in [0.3, 0.4) is 0 Å². The van der Waals surface area contributed by atoms with E-state index >= 15 is 0 Å². The van der Waals surface area contributed by atoms with Crippen LogP contribution in [0.4, 0.5) is 4.79 Å². The maximum Gasteiger partial charge on any atom is 0.411 e. The molecule has 0 fully saturated rings. The average Bonchev–Trinajstić information content (AvgIpc) is 2.48. The van der Waals surface area contributed by atoms with Crippen molar-refractivity contribution < 1.29 is 9.53 Å². The lowest BCUT2D eigenvalue weighted by Gasteiger charge is -2.03. The van der Waals surface area contributed by atoms with Gasteiger partial charge in [-0.25, -0.2) is 4.79 Å². The second kappa shape index (κ2) is 7.50. The van der Waals surface area contributed by atoms with Crippen molar-refractivity contribution in [3.05, 3.63) is 76.4 Å². The number of hydrogen-bond acceptors (Lipinski definition) is 2. The highest BCUT2D eigenvalue weighted by molar-refractivity contribution is 9.10. The number of alkyl carbamates (subject to hydrolysis) is 1. The van der Waals surface area contributed by atoms with Crippen molar-refractivity contribution in [3.63, 3.8) is 0 Å². The molecular weight excluding hydrogens is 318 g/mol. The lowest BCUT2D eigenvalue weighted by molar-refractivity contribution is 0.143. The summed E-state index contributed by atoms with van der Waals surface area (Å²) in [6.45, 7) is 0.263. The quantitative estimate of drug-likeness (QED) is 0.904. The summed E-state index contributed by atoms with van der Waals surface area (Å²) in [4.78, 5) is 11.5. The van der Waals surface area contributed by atoms with Crippen LogP contribution in [0.15, 0.2) is 65.3 Å². The topological polar surface area (TPSA) is 38.3 Å². The molecule has 0 bridgehead atoms. The first kappa shape index (κ1) is 14.3. The molecule has 0 spiro atoms. The van der Waals surface area contributed by atoms with E-state index in [0.29, 0.717) is 0 Å². The monoisotopic (exact) mass is 331 g/mol. The van der Waals surface area contributed by atoms with Crippen LogP contribution < -0.4 is 5.32 Å². The second-order valence-electron chi connectivity index (χ2n) is 4.09. The van der Waals surface area contributed by atoms with Crippen LogP contribution in [-0.4, -0.2) is 6.09 Å². The summed E-state index contributed by atoms with van der Waals surface area (Å²) in [6.07, 6.45) is 2.90. The third kappa shape index (κ3) is 4.90. The molecule has 0 heterocycles. The zero-order valence-corrected chi connectivity index (χ0v) is 12.3. The highest BCUT2D eigenvalue weighted by Gasteiger charge is 1.99. The highest BCUT2D eigenvalue weighted by atomic mass is 79.9. The van der Waals surface area contributed by atoms with Gasteiger partial charge in [0.25, 0.3) is 0 Å². The summed E-state index contributed by atoms with van der Waals surface area (Å²) in [6, 6.07) is 17.3. The fraction of sp³-hybridized carbons (Fsp3) is 0.0625. The van der Waals surface area contributed by atoms with Gasteiger partial charge in [0.1, 0.15) is 6.61 Å². The molecule has 0 saturated carbocycles. The van der Waals surface area contributed by atoms with Crippen molar-refractivity contribution in [2.75, 3.05) is 0 Å². The van der Waals surface area contributed by atoms with Gasteiger partial charge in [-0.05, 0) is 29.3 Å². The van der Waals surface area contributed by atoms with Crippen LogP contribution in [0.5, 0.6) is 0 Å². The van der Waals surface area contributed by atoms with E-state index < -0.39 is 6.09 Å². The number of benzene rings is 2. The first-order chi connectivity index (χ1) is 9.74. The summed E-state index contributed by atoms with van der Waals surface area (Å²) in [7, 11) is 0. The van der Waals surface area contributed by atoms with Gasteiger partial charge >= 0.3 is 6.09 Å². The molecule has 0 radical (unpaired) electrons. The summed E-state index contributed by atoms with van der Waals surface area (Å²) >= 11 is 3.37. The predicted octanol–water partition coefficient (Wildman–Crippen LogP) is 4.35. The Bertz CT molecular complexity index is 579. The zero-order valence-electron chi connectivity index (χ0n) is 10.8. The molecule has 0 unspecified atom stereocenters. The minimum atomic E-state index is -0.470. The molecule has 1 N–H and O–H groups in total. The number of rotatable bonds is 4. The van der Waals surface area contributed by atoms with E-state index in [-0.39, 0.29) is 6.61 Å². The first-order valence-corrected chi connectivity index (χ1v) is 6.93. The Kier molecular flexibility index (Phi) is 5.38. The Balaban J connectivity index is 1.76. The van der Waals surface area contributed by atoms with Crippen LogP contribution in [0.2, 0.25) is 0 Å². The molecule has 0 atom stereocenters. The lowest BCUT2D eigenvalue weighted by atomic mass is 10.2. The number of carbonyl (C=O) groups is 1. The molecule has 0 aromatic heterocycles. The number of halogens is 1. The van der Waals surface area contributed by atoms with Gasteiger partial charge < -0.3 is 4.74 Å². The van der Waals surface area contributed by atoms with Crippen LogP contribution in [0.25, 0.3) is 6.08 Å². The standard InChI is InChI=1S/C16H14BrNO2/c17-15-8-6-13(7-9-15)10-11-18-16(19)20-12-14-4-2-1-3-5-14/h1-11H,12H2,(H,18,19)/b11-10+. The molecule has 20 heavy (non-hydrogen) atoms. The minimum Gasteiger partial charge on any atom is -0.444 e. The average molecular weight is 332 g/mol. The van der Waals surface area contributed by atoms with Gasteiger partial charge in [-0.2, -0.15) is 0 Å². The zero-order chi connectivity index (χ0) is 14.2. The molecular formula is C16H14BrNO2. The highest BCUT2D eigenvalue weighted by Crippen LogP contribution is 2.11. The van der Waals surface area contributed by atoms with Gasteiger partial charge in [-0.1, -0.05) is 58.4 Å². The van der Waals surface area contributed by atoms with E-state index in [9.17, 15) is 4.79 Å². The fourth-order valence-corrected chi connectivity index (χ4v) is 1.81. The van der Waals surface area contributed by atoms with Gasteiger partial charge in [0.05, 0.1) is 0 Å². The Labute approximate surface area is 126 Å². The fourth-order valence-electron chi connectivity index (χ4n) is 1.54. The Morgan fingerprint density at radius 2 is 1.80 bits per heavy atom. The summed E-state index contributed by atoms with van der Waals surface area (Å²) in [5.74, 6) is 0. The van der Waals surface area contributed by atoms with E-state index in [1.165, 1.54) is 0 Å². The number of ether oxygens (including phenoxy) is 1. The van der Waals surface area contributed by atoms with Crippen molar-refractivity contribution in [3.8, 4) is 0 Å². The molecule has 2 aromatic carbocycles. The number of nitrogens with one attached hydrogen (secondary N) is 1. The molecule has 0 saturated heterocycles. The molecule has 2 aromatic rings. The van der Waals surface area contributed by atoms with E-state index in [4.69, 9.17) is 4.74 Å². The minimum absolute atomic E-state index is 0.263. The van der Waals surface area contributed by atoms with Gasteiger partial charge in [0.15, 0.2) is 0 Å². The number of carbonyl (C=O) groups excluding carboxylic acids is 1. The molecule has 0 aliphatic carbocycles. The van der Waals surface area contributed by atoms with Crippen LogP contribution in [-0.2, 0) is 11.3 Å². The maximum atomic E-state index is 11.5. The van der Waals surface area contributed by atoms with Crippen LogP contribution in [0.1, 0.15) is 11.1 Å². The van der Waals surface area contributed by atoms with Crippen LogP contribution in [0, 0.1) is 0 Å². The van der Waals surface area contributed by atoms with Gasteiger partial charge in [-0.15, -0.1) is 0 Å². The summed E-state index contributed by atoms with van der Waals surface area (Å²) in [5, 5.41) is 2.56.